The fraction of sp³-hybridized carbons (Fsp3) is 0.571. The van der Waals surface area contributed by atoms with Gasteiger partial charge in [0.2, 0.25) is 0 Å². The minimum Gasteiger partial charge on any atom is -0.466 e. The van der Waals surface area contributed by atoms with Gasteiger partial charge >= 0.3 is 5.97 Å². The van der Waals surface area contributed by atoms with Crippen molar-refractivity contribution < 1.29 is 9.53 Å². The van der Waals surface area contributed by atoms with Crippen LogP contribution in [0.1, 0.15) is 13.8 Å². The molecule has 0 saturated heterocycles. The molecule has 0 aromatic carbocycles. The van der Waals surface area contributed by atoms with Gasteiger partial charge in [-0.1, -0.05) is 13.8 Å². The van der Waals surface area contributed by atoms with E-state index in [-0.39, 0.29) is 11.9 Å². The van der Waals surface area contributed by atoms with Crippen molar-refractivity contribution in [1.29, 1.82) is 0 Å². The third-order valence-electron chi connectivity index (χ3n) is 1.28. The second kappa shape index (κ2) is 4.73. The van der Waals surface area contributed by atoms with E-state index in [1.54, 1.807) is 0 Å². The molecule has 0 bridgehead atoms. The van der Waals surface area contributed by atoms with E-state index in [4.69, 9.17) is 5.84 Å². The summed E-state index contributed by atoms with van der Waals surface area (Å²) in [5.41, 5.74) is 2.84. The van der Waals surface area contributed by atoms with Crippen molar-refractivity contribution in [3.63, 3.8) is 0 Å². The monoisotopic (exact) mass is 158 g/mol. The molecule has 0 aliphatic heterocycles. The number of hydrogen-bond donors (Lipinski definition) is 2. The molecule has 0 atom stereocenters. The topological polar surface area (TPSA) is 64.3 Å². The summed E-state index contributed by atoms with van der Waals surface area (Å²) < 4.78 is 4.52. The molecular weight excluding hydrogens is 144 g/mol. The highest BCUT2D eigenvalue weighted by molar-refractivity contribution is 5.88. The lowest BCUT2D eigenvalue weighted by atomic mass is 10.1. The smallest absolute Gasteiger partial charge is 0.335 e. The van der Waals surface area contributed by atoms with Gasteiger partial charge in [-0.15, -0.1) is 0 Å². The quantitative estimate of drug-likeness (QED) is 0.266. The highest BCUT2D eigenvalue weighted by atomic mass is 16.5. The number of carbonyl (C=O) groups is 1. The van der Waals surface area contributed by atoms with Crippen molar-refractivity contribution in [3.8, 4) is 0 Å². The van der Waals surface area contributed by atoms with Gasteiger partial charge in [-0.25, -0.2) is 4.79 Å². The van der Waals surface area contributed by atoms with E-state index >= 15 is 0 Å². The van der Waals surface area contributed by atoms with Gasteiger partial charge in [-0.05, 0) is 5.92 Å². The summed E-state index contributed by atoms with van der Waals surface area (Å²) in [6, 6.07) is 0. The van der Waals surface area contributed by atoms with Crippen LogP contribution in [0.2, 0.25) is 0 Å². The Labute approximate surface area is 66.4 Å². The van der Waals surface area contributed by atoms with Crippen molar-refractivity contribution in [3.05, 3.63) is 11.8 Å². The number of esters is 1. The molecule has 64 valence electrons. The number of hydrogen-bond acceptors (Lipinski definition) is 4. The molecule has 4 heteroatoms. The standard InChI is InChI=1S/C7H14N2O2/c1-5(2)6(4-9-8)7(10)11-3/h4-5,9H,8H2,1-3H3/b6-4+. The molecule has 0 aromatic heterocycles. The van der Waals surface area contributed by atoms with Gasteiger partial charge in [0.25, 0.3) is 0 Å². The lowest BCUT2D eigenvalue weighted by Crippen LogP contribution is -2.19. The van der Waals surface area contributed by atoms with Crippen molar-refractivity contribution in [2.24, 2.45) is 11.8 Å². The average Bonchev–Trinajstić information content (AvgIpc) is 1.98. The van der Waals surface area contributed by atoms with E-state index in [9.17, 15) is 4.79 Å². The second-order valence-electron chi connectivity index (χ2n) is 2.41. The molecule has 4 nitrogen and oxygen atoms in total. The third kappa shape index (κ3) is 3.04. The van der Waals surface area contributed by atoms with Crippen molar-refractivity contribution in [1.82, 2.24) is 5.43 Å². The molecule has 0 spiro atoms. The molecule has 0 amide bonds. The fourth-order valence-corrected chi connectivity index (χ4v) is 0.669. The van der Waals surface area contributed by atoms with Crippen LogP contribution < -0.4 is 11.3 Å². The summed E-state index contributed by atoms with van der Waals surface area (Å²) in [5.74, 6) is 4.79. The summed E-state index contributed by atoms with van der Waals surface area (Å²) in [4.78, 5) is 11.0. The molecule has 0 rings (SSSR count). The Kier molecular flexibility index (Phi) is 4.29. The molecule has 0 aliphatic rings. The normalized spacial score (nSPS) is 11.5. The molecular formula is C7H14N2O2. The first-order valence-corrected chi connectivity index (χ1v) is 3.38. The minimum atomic E-state index is -0.349. The maximum atomic E-state index is 11.0. The summed E-state index contributed by atoms with van der Waals surface area (Å²) in [5, 5.41) is 0. The lowest BCUT2D eigenvalue weighted by molar-refractivity contribution is -0.136. The van der Waals surface area contributed by atoms with Crippen molar-refractivity contribution in [2.75, 3.05) is 7.11 Å². The van der Waals surface area contributed by atoms with E-state index in [2.05, 4.69) is 10.2 Å². The third-order valence-corrected chi connectivity index (χ3v) is 1.28. The predicted molar refractivity (Wildman–Crippen MR) is 42.3 cm³/mol. The Morgan fingerprint density at radius 1 is 1.64 bits per heavy atom. The molecule has 0 saturated carbocycles. The predicted octanol–water partition coefficient (Wildman–Crippen LogP) is 0.163. The Balaban J connectivity index is 4.34. The number of carbonyl (C=O) groups excluding carboxylic acids is 1. The van der Waals surface area contributed by atoms with Gasteiger partial charge < -0.3 is 10.2 Å². The zero-order valence-electron chi connectivity index (χ0n) is 7.05. The van der Waals surface area contributed by atoms with Crippen LogP contribution in [-0.2, 0) is 9.53 Å². The largest absolute Gasteiger partial charge is 0.466 e. The first-order chi connectivity index (χ1) is 5.13. The molecule has 0 aromatic rings. The van der Waals surface area contributed by atoms with Crippen molar-refractivity contribution in [2.45, 2.75) is 13.8 Å². The Hall–Kier alpha value is -1.03. The van der Waals surface area contributed by atoms with Gasteiger partial charge in [0.1, 0.15) is 0 Å². The van der Waals surface area contributed by atoms with Gasteiger partial charge in [0.15, 0.2) is 0 Å². The molecule has 0 radical (unpaired) electrons. The van der Waals surface area contributed by atoms with Crippen LogP contribution in [0.15, 0.2) is 11.8 Å². The second-order valence-corrected chi connectivity index (χ2v) is 2.41. The Morgan fingerprint density at radius 3 is 2.45 bits per heavy atom. The van der Waals surface area contributed by atoms with E-state index in [0.29, 0.717) is 5.57 Å². The number of hydrazine groups is 1. The van der Waals surface area contributed by atoms with Crippen molar-refractivity contribution >= 4 is 5.97 Å². The highest BCUT2D eigenvalue weighted by Gasteiger charge is 2.12. The lowest BCUT2D eigenvalue weighted by Gasteiger charge is -2.07. The molecule has 0 aliphatic carbocycles. The van der Waals surface area contributed by atoms with E-state index in [0.717, 1.165) is 0 Å². The first-order valence-electron chi connectivity index (χ1n) is 3.38. The number of nitrogens with one attached hydrogen (secondary N) is 1. The van der Waals surface area contributed by atoms with Crippen LogP contribution in [-0.4, -0.2) is 13.1 Å². The maximum absolute atomic E-state index is 11.0. The van der Waals surface area contributed by atoms with E-state index < -0.39 is 0 Å². The number of ether oxygens (including phenoxy) is 1. The number of rotatable bonds is 3. The molecule has 0 heterocycles. The first kappa shape index (κ1) is 9.97. The van der Waals surface area contributed by atoms with E-state index in [1.165, 1.54) is 13.3 Å². The number of nitrogens with two attached hydrogens (primary N) is 1. The van der Waals surface area contributed by atoms with Gasteiger partial charge in [-0.2, -0.15) is 0 Å². The molecule has 0 unspecified atom stereocenters. The summed E-state index contributed by atoms with van der Waals surface area (Å²) in [6.07, 6.45) is 1.44. The molecule has 0 fully saturated rings. The Morgan fingerprint density at radius 2 is 2.18 bits per heavy atom. The Bertz CT molecular complexity index is 164. The maximum Gasteiger partial charge on any atom is 0.335 e. The molecule has 3 N–H and O–H groups in total. The van der Waals surface area contributed by atoms with Crippen LogP contribution in [0.3, 0.4) is 0 Å². The van der Waals surface area contributed by atoms with Crippen LogP contribution in [0, 0.1) is 5.92 Å². The summed E-state index contributed by atoms with van der Waals surface area (Å²) >= 11 is 0. The van der Waals surface area contributed by atoms with Gasteiger partial charge in [0.05, 0.1) is 12.7 Å². The summed E-state index contributed by atoms with van der Waals surface area (Å²) in [6.45, 7) is 3.78. The van der Waals surface area contributed by atoms with E-state index in [1.807, 2.05) is 13.8 Å². The SMILES string of the molecule is COC(=O)/C(=C/NN)C(C)C. The zero-order valence-corrected chi connectivity index (χ0v) is 7.05. The van der Waals surface area contributed by atoms with Crippen LogP contribution in [0.25, 0.3) is 0 Å². The highest BCUT2D eigenvalue weighted by Crippen LogP contribution is 2.09. The molecule has 11 heavy (non-hydrogen) atoms. The number of methoxy groups -OCH3 is 1. The van der Waals surface area contributed by atoms with Crippen LogP contribution in [0.4, 0.5) is 0 Å². The minimum absolute atomic E-state index is 0.110. The fourth-order valence-electron chi connectivity index (χ4n) is 0.669. The zero-order chi connectivity index (χ0) is 8.85. The summed E-state index contributed by atoms with van der Waals surface area (Å²) in [7, 11) is 1.34. The average molecular weight is 158 g/mol. The van der Waals surface area contributed by atoms with Gasteiger partial charge in [-0.3, -0.25) is 5.84 Å². The van der Waals surface area contributed by atoms with Crippen LogP contribution in [0.5, 0.6) is 0 Å². The van der Waals surface area contributed by atoms with Crippen LogP contribution >= 0.6 is 0 Å². The van der Waals surface area contributed by atoms with Gasteiger partial charge in [0, 0.05) is 6.20 Å².